The molecule has 0 aliphatic rings. The van der Waals surface area contributed by atoms with E-state index < -0.39 is 0 Å². The van der Waals surface area contributed by atoms with Crippen molar-refractivity contribution in [2.45, 2.75) is 47.1 Å². The first-order chi connectivity index (χ1) is 9.99. The summed E-state index contributed by atoms with van der Waals surface area (Å²) < 4.78 is 0. The van der Waals surface area contributed by atoms with Crippen molar-refractivity contribution in [3.8, 4) is 0 Å². The van der Waals surface area contributed by atoms with Crippen LogP contribution in [0.3, 0.4) is 0 Å². The summed E-state index contributed by atoms with van der Waals surface area (Å²) in [6, 6.07) is 8.66. The van der Waals surface area contributed by atoms with Crippen LogP contribution < -0.4 is 10.6 Å². The molecule has 1 heterocycles. The minimum Gasteiger partial charge on any atom is -0.368 e. The van der Waals surface area contributed by atoms with Gasteiger partial charge in [-0.1, -0.05) is 25.1 Å². The summed E-state index contributed by atoms with van der Waals surface area (Å²) in [4.78, 5) is 8.91. The zero-order valence-corrected chi connectivity index (χ0v) is 13.5. The molecule has 0 spiro atoms. The SMILES string of the molecule is CCc1cccc(C)c1Nc1cc(NC(C)C)nc(C)n1. The van der Waals surface area contributed by atoms with E-state index in [9.17, 15) is 0 Å². The van der Waals surface area contributed by atoms with E-state index in [1.54, 1.807) is 0 Å². The molecule has 2 N–H and O–H groups in total. The van der Waals surface area contributed by atoms with Gasteiger partial charge in [-0.3, -0.25) is 0 Å². The van der Waals surface area contributed by atoms with Gasteiger partial charge < -0.3 is 10.6 Å². The van der Waals surface area contributed by atoms with Crippen LogP contribution in [0.1, 0.15) is 37.7 Å². The number of nitrogens with zero attached hydrogens (tertiary/aromatic N) is 2. The Morgan fingerprint density at radius 3 is 2.48 bits per heavy atom. The molecule has 2 aromatic rings. The van der Waals surface area contributed by atoms with Crippen molar-refractivity contribution in [3.63, 3.8) is 0 Å². The molecule has 0 aliphatic carbocycles. The molecule has 112 valence electrons. The molecule has 0 fully saturated rings. The number of hydrogen-bond donors (Lipinski definition) is 2. The fourth-order valence-corrected chi connectivity index (χ4v) is 2.33. The normalized spacial score (nSPS) is 10.8. The van der Waals surface area contributed by atoms with Crippen LogP contribution in [0.15, 0.2) is 24.3 Å². The van der Waals surface area contributed by atoms with Crippen molar-refractivity contribution in [1.29, 1.82) is 0 Å². The Morgan fingerprint density at radius 2 is 1.81 bits per heavy atom. The van der Waals surface area contributed by atoms with Gasteiger partial charge in [-0.15, -0.1) is 0 Å². The summed E-state index contributed by atoms with van der Waals surface area (Å²) in [5.74, 6) is 2.44. The predicted octanol–water partition coefficient (Wildman–Crippen LogP) is 4.22. The molecule has 0 amide bonds. The van der Waals surface area contributed by atoms with Crippen LogP contribution in [-0.2, 0) is 6.42 Å². The van der Waals surface area contributed by atoms with Crippen molar-refractivity contribution < 1.29 is 0 Å². The highest BCUT2D eigenvalue weighted by Gasteiger charge is 2.08. The zero-order valence-electron chi connectivity index (χ0n) is 13.5. The molecule has 0 bridgehead atoms. The third kappa shape index (κ3) is 3.94. The van der Waals surface area contributed by atoms with Gasteiger partial charge in [-0.2, -0.15) is 0 Å². The zero-order chi connectivity index (χ0) is 15.4. The fraction of sp³-hybridized carbons (Fsp3) is 0.412. The molecule has 0 saturated carbocycles. The van der Waals surface area contributed by atoms with Crippen LogP contribution in [0.5, 0.6) is 0 Å². The maximum absolute atomic E-state index is 4.49. The molecule has 0 saturated heterocycles. The van der Waals surface area contributed by atoms with E-state index in [0.717, 1.165) is 29.6 Å². The Kier molecular flexibility index (Phi) is 4.78. The van der Waals surface area contributed by atoms with E-state index in [2.05, 4.69) is 66.5 Å². The summed E-state index contributed by atoms with van der Waals surface area (Å²) in [6.07, 6.45) is 0.991. The van der Waals surface area contributed by atoms with Crippen LogP contribution in [-0.4, -0.2) is 16.0 Å². The summed E-state index contributed by atoms with van der Waals surface area (Å²) in [5.41, 5.74) is 3.67. The van der Waals surface area contributed by atoms with Gasteiger partial charge >= 0.3 is 0 Å². The lowest BCUT2D eigenvalue weighted by Gasteiger charge is -2.15. The van der Waals surface area contributed by atoms with E-state index in [4.69, 9.17) is 0 Å². The number of aryl methyl sites for hydroxylation is 3. The standard InChI is InChI=1S/C17H24N4/c1-6-14-9-7-8-12(4)17(14)21-16-10-15(18-11(2)3)19-13(5)20-16/h7-11H,6H2,1-5H3,(H2,18,19,20,21). The number of rotatable bonds is 5. The van der Waals surface area contributed by atoms with Crippen LogP contribution in [0.4, 0.5) is 17.3 Å². The first kappa shape index (κ1) is 15.3. The van der Waals surface area contributed by atoms with Crippen molar-refractivity contribution >= 4 is 17.3 Å². The van der Waals surface area contributed by atoms with Crippen molar-refractivity contribution in [3.05, 3.63) is 41.2 Å². The highest BCUT2D eigenvalue weighted by atomic mass is 15.1. The summed E-state index contributed by atoms with van der Waals surface area (Å²) in [6.45, 7) is 10.4. The molecule has 4 nitrogen and oxygen atoms in total. The lowest BCUT2D eigenvalue weighted by Crippen LogP contribution is -2.12. The molecule has 0 atom stereocenters. The quantitative estimate of drug-likeness (QED) is 0.863. The highest BCUT2D eigenvalue weighted by molar-refractivity contribution is 5.66. The topological polar surface area (TPSA) is 49.8 Å². The molecule has 0 aliphatic heterocycles. The molecule has 1 aromatic heterocycles. The summed E-state index contributed by atoms with van der Waals surface area (Å²) >= 11 is 0. The first-order valence-corrected chi connectivity index (χ1v) is 7.47. The molecule has 0 radical (unpaired) electrons. The number of hydrogen-bond acceptors (Lipinski definition) is 4. The number of nitrogens with one attached hydrogen (secondary N) is 2. The van der Waals surface area contributed by atoms with Gasteiger partial charge in [0.15, 0.2) is 0 Å². The summed E-state index contributed by atoms with van der Waals surface area (Å²) in [7, 11) is 0. The largest absolute Gasteiger partial charge is 0.368 e. The van der Waals surface area contributed by atoms with Gasteiger partial charge in [0.2, 0.25) is 0 Å². The van der Waals surface area contributed by atoms with Gasteiger partial charge in [0.05, 0.1) is 0 Å². The number of benzene rings is 1. The molecule has 2 rings (SSSR count). The molecule has 21 heavy (non-hydrogen) atoms. The van der Waals surface area contributed by atoms with E-state index >= 15 is 0 Å². The summed E-state index contributed by atoms with van der Waals surface area (Å²) in [5, 5.41) is 6.78. The molecular formula is C17H24N4. The second-order valence-electron chi connectivity index (χ2n) is 5.57. The van der Waals surface area contributed by atoms with E-state index in [-0.39, 0.29) is 0 Å². The molecule has 0 unspecified atom stereocenters. The number of para-hydroxylation sites is 1. The minimum absolute atomic E-state index is 0.344. The van der Waals surface area contributed by atoms with Crippen molar-refractivity contribution in [2.24, 2.45) is 0 Å². The third-order valence-electron chi connectivity index (χ3n) is 3.27. The Labute approximate surface area is 127 Å². The minimum atomic E-state index is 0.344. The average molecular weight is 284 g/mol. The first-order valence-electron chi connectivity index (χ1n) is 7.47. The molecule has 4 heteroatoms. The second-order valence-corrected chi connectivity index (χ2v) is 5.57. The Bertz CT molecular complexity index is 620. The maximum atomic E-state index is 4.49. The van der Waals surface area contributed by atoms with Crippen LogP contribution in [0.2, 0.25) is 0 Å². The van der Waals surface area contributed by atoms with Gasteiger partial charge in [-0.25, -0.2) is 9.97 Å². The lowest BCUT2D eigenvalue weighted by atomic mass is 10.1. The number of aromatic nitrogens is 2. The second kappa shape index (κ2) is 6.57. The number of anilines is 3. The lowest BCUT2D eigenvalue weighted by molar-refractivity contribution is 0.881. The molecule has 1 aromatic carbocycles. The van der Waals surface area contributed by atoms with Crippen LogP contribution >= 0.6 is 0 Å². The monoisotopic (exact) mass is 284 g/mol. The molecular weight excluding hydrogens is 260 g/mol. The van der Waals surface area contributed by atoms with E-state index in [1.165, 1.54) is 11.1 Å². The van der Waals surface area contributed by atoms with Gasteiger partial charge in [0, 0.05) is 17.8 Å². The van der Waals surface area contributed by atoms with Gasteiger partial charge in [-0.05, 0) is 45.2 Å². The van der Waals surface area contributed by atoms with Crippen LogP contribution in [0.25, 0.3) is 0 Å². The van der Waals surface area contributed by atoms with Gasteiger partial charge in [0.1, 0.15) is 17.5 Å². The van der Waals surface area contributed by atoms with E-state index in [1.807, 2.05) is 13.0 Å². The highest BCUT2D eigenvalue weighted by Crippen LogP contribution is 2.25. The third-order valence-corrected chi connectivity index (χ3v) is 3.27. The average Bonchev–Trinajstić information content (AvgIpc) is 2.39. The predicted molar refractivity (Wildman–Crippen MR) is 89.4 cm³/mol. The Balaban J connectivity index is 2.33. The van der Waals surface area contributed by atoms with Gasteiger partial charge in [0.25, 0.3) is 0 Å². The van der Waals surface area contributed by atoms with E-state index in [0.29, 0.717) is 6.04 Å². The van der Waals surface area contributed by atoms with Crippen molar-refractivity contribution in [1.82, 2.24) is 9.97 Å². The maximum Gasteiger partial charge on any atom is 0.136 e. The smallest absolute Gasteiger partial charge is 0.136 e. The Hall–Kier alpha value is -2.10. The Morgan fingerprint density at radius 1 is 1.10 bits per heavy atom. The van der Waals surface area contributed by atoms with Crippen molar-refractivity contribution in [2.75, 3.05) is 10.6 Å². The van der Waals surface area contributed by atoms with Crippen LogP contribution in [0, 0.1) is 13.8 Å². The fourth-order valence-electron chi connectivity index (χ4n) is 2.33.